The molecule has 5 nitrogen and oxygen atoms in total. The molecule has 0 aromatic carbocycles. The van der Waals surface area contributed by atoms with Gasteiger partial charge in [0.2, 0.25) is 0 Å². The SMILES string of the molecule is COCCCc1n[nH]c2cccc(=O)n12. The van der Waals surface area contributed by atoms with E-state index in [2.05, 4.69) is 10.2 Å². The second-order valence-electron chi connectivity index (χ2n) is 3.32. The number of hydrogen-bond acceptors (Lipinski definition) is 3. The molecule has 0 spiro atoms. The number of nitrogens with one attached hydrogen (secondary N) is 1. The standard InChI is InChI=1S/C10H13N3O2/c1-15-7-3-5-9-12-11-8-4-2-6-10(14)13(8)9/h2,4,6,11H,3,5,7H2,1H3. The van der Waals surface area contributed by atoms with Crippen LogP contribution in [0.4, 0.5) is 0 Å². The summed E-state index contributed by atoms with van der Waals surface area (Å²) in [5.74, 6) is 0.757. The molecule has 80 valence electrons. The highest BCUT2D eigenvalue weighted by molar-refractivity contribution is 5.36. The smallest absolute Gasteiger partial charge is 0.257 e. The van der Waals surface area contributed by atoms with Crippen LogP contribution in [0.5, 0.6) is 0 Å². The third-order valence-corrected chi connectivity index (χ3v) is 2.26. The molecule has 0 aliphatic rings. The van der Waals surface area contributed by atoms with Crippen molar-refractivity contribution in [2.45, 2.75) is 12.8 Å². The lowest BCUT2D eigenvalue weighted by atomic mass is 10.3. The fourth-order valence-corrected chi connectivity index (χ4v) is 1.56. The summed E-state index contributed by atoms with van der Waals surface area (Å²) >= 11 is 0. The first-order chi connectivity index (χ1) is 7.33. The number of aromatic amines is 1. The summed E-state index contributed by atoms with van der Waals surface area (Å²) in [5, 5.41) is 6.94. The largest absolute Gasteiger partial charge is 0.385 e. The van der Waals surface area contributed by atoms with Crippen molar-refractivity contribution in [2.75, 3.05) is 13.7 Å². The average Bonchev–Trinajstić information content (AvgIpc) is 2.63. The molecule has 2 rings (SSSR count). The second-order valence-corrected chi connectivity index (χ2v) is 3.32. The molecule has 5 heteroatoms. The van der Waals surface area contributed by atoms with E-state index in [9.17, 15) is 4.79 Å². The average molecular weight is 207 g/mol. The summed E-state index contributed by atoms with van der Waals surface area (Å²) in [7, 11) is 1.66. The zero-order valence-electron chi connectivity index (χ0n) is 8.56. The normalized spacial score (nSPS) is 11.0. The molecule has 0 aliphatic carbocycles. The van der Waals surface area contributed by atoms with Crippen molar-refractivity contribution in [3.05, 3.63) is 34.4 Å². The molecule has 2 aromatic heterocycles. The van der Waals surface area contributed by atoms with Crippen LogP contribution in [0.1, 0.15) is 12.2 Å². The van der Waals surface area contributed by atoms with E-state index in [1.807, 2.05) is 6.07 Å². The maximum Gasteiger partial charge on any atom is 0.257 e. The van der Waals surface area contributed by atoms with E-state index in [4.69, 9.17) is 4.74 Å². The number of pyridine rings is 1. The summed E-state index contributed by atoms with van der Waals surface area (Å²) in [5.41, 5.74) is 0.684. The monoisotopic (exact) mass is 207 g/mol. The van der Waals surface area contributed by atoms with Gasteiger partial charge in [0.25, 0.3) is 5.56 Å². The number of H-pyrrole nitrogens is 1. The van der Waals surface area contributed by atoms with Gasteiger partial charge in [-0.3, -0.25) is 9.89 Å². The van der Waals surface area contributed by atoms with Crippen LogP contribution in [-0.4, -0.2) is 28.3 Å². The van der Waals surface area contributed by atoms with E-state index >= 15 is 0 Å². The van der Waals surface area contributed by atoms with Crippen molar-refractivity contribution in [1.82, 2.24) is 14.6 Å². The van der Waals surface area contributed by atoms with E-state index in [0.29, 0.717) is 6.61 Å². The Hall–Kier alpha value is -1.62. The Morgan fingerprint density at radius 3 is 3.20 bits per heavy atom. The third kappa shape index (κ3) is 1.92. The summed E-state index contributed by atoms with van der Waals surface area (Å²) in [6.45, 7) is 0.677. The highest BCUT2D eigenvalue weighted by Gasteiger charge is 2.05. The molecule has 0 saturated heterocycles. The first-order valence-electron chi connectivity index (χ1n) is 4.87. The Labute approximate surface area is 86.7 Å². The quantitative estimate of drug-likeness (QED) is 0.747. The Morgan fingerprint density at radius 2 is 2.40 bits per heavy atom. The van der Waals surface area contributed by atoms with Crippen LogP contribution < -0.4 is 5.56 Å². The molecule has 0 bridgehead atoms. The van der Waals surface area contributed by atoms with Crippen LogP contribution in [0.2, 0.25) is 0 Å². The van der Waals surface area contributed by atoms with E-state index in [1.165, 1.54) is 6.07 Å². The zero-order chi connectivity index (χ0) is 10.7. The minimum atomic E-state index is -0.0475. The van der Waals surface area contributed by atoms with Crippen molar-refractivity contribution < 1.29 is 4.74 Å². The summed E-state index contributed by atoms with van der Waals surface area (Å²) < 4.78 is 6.55. The number of aryl methyl sites for hydroxylation is 1. The Bertz CT molecular complexity index is 501. The van der Waals surface area contributed by atoms with Crippen LogP contribution in [0.15, 0.2) is 23.0 Å². The molecule has 2 heterocycles. The molecular formula is C10H13N3O2. The maximum atomic E-state index is 11.6. The molecule has 0 unspecified atom stereocenters. The molecule has 0 atom stereocenters. The Kier molecular flexibility index (Phi) is 2.82. The van der Waals surface area contributed by atoms with E-state index in [0.717, 1.165) is 24.3 Å². The predicted octanol–water partition coefficient (Wildman–Crippen LogP) is 0.602. The van der Waals surface area contributed by atoms with Gasteiger partial charge in [-0.05, 0) is 12.5 Å². The topological polar surface area (TPSA) is 59.4 Å². The minimum absolute atomic E-state index is 0.0475. The van der Waals surface area contributed by atoms with Crippen LogP contribution in [0, 0.1) is 0 Å². The van der Waals surface area contributed by atoms with Crippen molar-refractivity contribution in [3.8, 4) is 0 Å². The molecule has 0 aliphatic heterocycles. The van der Waals surface area contributed by atoms with Crippen molar-refractivity contribution in [3.63, 3.8) is 0 Å². The van der Waals surface area contributed by atoms with Gasteiger partial charge < -0.3 is 4.74 Å². The number of aromatic nitrogens is 3. The van der Waals surface area contributed by atoms with E-state index < -0.39 is 0 Å². The van der Waals surface area contributed by atoms with E-state index in [1.54, 1.807) is 17.6 Å². The van der Waals surface area contributed by atoms with Gasteiger partial charge >= 0.3 is 0 Å². The van der Waals surface area contributed by atoms with Gasteiger partial charge in [0.15, 0.2) is 0 Å². The number of nitrogens with zero attached hydrogens (tertiary/aromatic N) is 2. The van der Waals surface area contributed by atoms with Crippen molar-refractivity contribution in [2.24, 2.45) is 0 Å². The fourth-order valence-electron chi connectivity index (χ4n) is 1.56. The molecule has 0 fully saturated rings. The van der Waals surface area contributed by atoms with Crippen LogP contribution >= 0.6 is 0 Å². The molecular weight excluding hydrogens is 194 g/mol. The number of fused-ring (bicyclic) bond motifs is 1. The fraction of sp³-hybridized carbons (Fsp3) is 0.400. The third-order valence-electron chi connectivity index (χ3n) is 2.26. The Morgan fingerprint density at radius 1 is 1.53 bits per heavy atom. The van der Waals surface area contributed by atoms with Gasteiger partial charge in [-0.25, -0.2) is 4.40 Å². The number of hydrogen-bond donors (Lipinski definition) is 1. The lowest BCUT2D eigenvalue weighted by Gasteiger charge is -1.98. The molecule has 1 N–H and O–H groups in total. The first kappa shape index (κ1) is 9.92. The predicted molar refractivity (Wildman–Crippen MR) is 56.0 cm³/mol. The molecule has 2 aromatic rings. The van der Waals surface area contributed by atoms with Gasteiger partial charge in [0.1, 0.15) is 11.5 Å². The Balaban J connectivity index is 2.32. The van der Waals surface area contributed by atoms with Gasteiger partial charge in [-0.2, -0.15) is 5.10 Å². The molecule has 0 radical (unpaired) electrons. The van der Waals surface area contributed by atoms with Gasteiger partial charge in [0.05, 0.1) is 0 Å². The van der Waals surface area contributed by atoms with Gasteiger partial charge in [-0.1, -0.05) is 6.07 Å². The molecule has 15 heavy (non-hydrogen) atoms. The second kappa shape index (κ2) is 4.27. The lowest BCUT2D eigenvalue weighted by Crippen LogP contribution is -2.13. The van der Waals surface area contributed by atoms with Gasteiger partial charge in [-0.15, -0.1) is 0 Å². The highest BCUT2D eigenvalue weighted by Crippen LogP contribution is 2.01. The van der Waals surface area contributed by atoms with Crippen LogP contribution in [0.3, 0.4) is 0 Å². The molecule has 0 saturated carbocycles. The van der Waals surface area contributed by atoms with Crippen molar-refractivity contribution in [1.29, 1.82) is 0 Å². The molecule has 0 amide bonds. The highest BCUT2D eigenvalue weighted by atomic mass is 16.5. The maximum absolute atomic E-state index is 11.6. The zero-order valence-corrected chi connectivity index (χ0v) is 8.56. The lowest BCUT2D eigenvalue weighted by molar-refractivity contribution is 0.194. The van der Waals surface area contributed by atoms with E-state index in [-0.39, 0.29) is 5.56 Å². The number of rotatable bonds is 4. The van der Waals surface area contributed by atoms with Crippen molar-refractivity contribution >= 4 is 5.65 Å². The summed E-state index contributed by atoms with van der Waals surface area (Å²) in [6.07, 6.45) is 1.59. The number of methoxy groups -OCH3 is 1. The van der Waals surface area contributed by atoms with Gasteiger partial charge in [0, 0.05) is 26.2 Å². The number of ether oxygens (including phenoxy) is 1. The van der Waals surface area contributed by atoms with Crippen LogP contribution in [-0.2, 0) is 11.2 Å². The first-order valence-corrected chi connectivity index (χ1v) is 4.87. The van der Waals surface area contributed by atoms with Crippen LogP contribution in [0.25, 0.3) is 5.65 Å². The summed E-state index contributed by atoms with van der Waals surface area (Å²) in [6, 6.07) is 5.07. The minimum Gasteiger partial charge on any atom is -0.385 e. The summed E-state index contributed by atoms with van der Waals surface area (Å²) in [4.78, 5) is 11.6.